The molecule has 0 unspecified atom stereocenters. The van der Waals surface area contributed by atoms with Crippen molar-refractivity contribution in [2.24, 2.45) is 10.2 Å². The Bertz CT molecular complexity index is 754. The van der Waals surface area contributed by atoms with E-state index in [2.05, 4.69) is 22.1 Å². The van der Waals surface area contributed by atoms with Gasteiger partial charge in [-0.25, -0.2) is 0 Å². The molecule has 0 fully saturated rings. The van der Waals surface area contributed by atoms with Gasteiger partial charge in [-0.3, -0.25) is 4.55 Å². The van der Waals surface area contributed by atoms with E-state index in [1.165, 1.54) is 24.3 Å². The molecule has 0 aromatic heterocycles. The molecule has 0 saturated carbocycles. The van der Waals surface area contributed by atoms with Crippen LogP contribution in [0.2, 0.25) is 0 Å². The summed E-state index contributed by atoms with van der Waals surface area (Å²) in [6.07, 6.45) is 0. The Labute approximate surface area is 129 Å². The van der Waals surface area contributed by atoms with Crippen LogP contribution in [-0.2, 0) is 10.1 Å². The maximum Gasteiger partial charge on any atom is 0.294 e. The van der Waals surface area contributed by atoms with Gasteiger partial charge in [-0.2, -0.15) is 18.6 Å². The Balaban J connectivity index is 2.11. The summed E-state index contributed by atoms with van der Waals surface area (Å²) in [5.74, 6) is 0. The van der Waals surface area contributed by atoms with Crippen LogP contribution in [0.1, 0.15) is 6.92 Å². The van der Waals surface area contributed by atoms with E-state index in [9.17, 15) is 8.42 Å². The van der Waals surface area contributed by atoms with Crippen molar-refractivity contribution in [3.63, 3.8) is 0 Å². The lowest BCUT2D eigenvalue weighted by Crippen LogP contribution is -2.15. The molecule has 2 aromatic rings. The smallest absolute Gasteiger partial charge is 0.294 e. The maximum absolute atomic E-state index is 10.9. The monoisotopic (exact) mass is 319 g/mol. The fraction of sp³-hybridized carbons (Fsp3) is 0.200. The third kappa shape index (κ3) is 4.12. The van der Waals surface area contributed by atoms with Crippen LogP contribution in [0, 0.1) is 0 Å². The quantitative estimate of drug-likeness (QED) is 0.671. The van der Waals surface area contributed by atoms with Crippen molar-refractivity contribution in [1.82, 2.24) is 0 Å². The minimum absolute atomic E-state index is 0.168. The van der Waals surface area contributed by atoms with E-state index in [-0.39, 0.29) is 4.90 Å². The normalized spacial score (nSPS) is 11.8. The van der Waals surface area contributed by atoms with Crippen molar-refractivity contribution in [3.05, 3.63) is 48.5 Å². The van der Waals surface area contributed by atoms with Crippen LogP contribution in [0.3, 0.4) is 0 Å². The summed E-state index contributed by atoms with van der Waals surface area (Å²) in [6.45, 7) is 2.99. The largest absolute Gasteiger partial charge is 0.375 e. The molecule has 2 rings (SSSR count). The topological polar surface area (TPSA) is 82.3 Å². The molecule has 0 heterocycles. The number of hydrogen-bond donors (Lipinski definition) is 1. The molecule has 2 aromatic carbocycles. The molecule has 116 valence electrons. The molecule has 22 heavy (non-hydrogen) atoms. The Hall–Kier alpha value is -2.25. The van der Waals surface area contributed by atoms with Gasteiger partial charge in [0.15, 0.2) is 0 Å². The molecule has 7 heteroatoms. The fourth-order valence-electron chi connectivity index (χ4n) is 1.76. The number of anilines is 1. The van der Waals surface area contributed by atoms with E-state index in [0.717, 1.165) is 12.2 Å². The van der Waals surface area contributed by atoms with Gasteiger partial charge in [0.2, 0.25) is 0 Å². The SMILES string of the molecule is CCN(C)c1ccc(/N=N/c2ccc(S(=O)(=O)O)cc2)cc1. The Morgan fingerprint density at radius 2 is 1.41 bits per heavy atom. The third-order valence-corrected chi connectivity index (χ3v) is 4.05. The second-order valence-electron chi connectivity index (χ2n) is 4.70. The number of hydrogen-bond acceptors (Lipinski definition) is 5. The maximum atomic E-state index is 10.9. The van der Waals surface area contributed by atoms with Crippen LogP contribution < -0.4 is 4.90 Å². The van der Waals surface area contributed by atoms with Gasteiger partial charge in [0, 0.05) is 19.3 Å². The van der Waals surface area contributed by atoms with Crippen molar-refractivity contribution in [1.29, 1.82) is 0 Å². The van der Waals surface area contributed by atoms with Crippen LogP contribution in [0.15, 0.2) is 63.7 Å². The van der Waals surface area contributed by atoms with Gasteiger partial charge in [0.1, 0.15) is 0 Å². The van der Waals surface area contributed by atoms with Gasteiger partial charge >= 0.3 is 0 Å². The van der Waals surface area contributed by atoms with Crippen molar-refractivity contribution in [2.75, 3.05) is 18.5 Å². The lowest BCUT2D eigenvalue weighted by Gasteiger charge is -2.16. The summed E-state index contributed by atoms with van der Waals surface area (Å²) in [6, 6.07) is 13.2. The fourth-order valence-corrected chi connectivity index (χ4v) is 2.24. The molecule has 0 bridgehead atoms. The van der Waals surface area contributed by atoms with Crippen LogP contribution in [0.5, 0.6) is 0 Å². The molecule has 0 radical (unpaired) electrons. The zero-order chi connectivity index (χ0) is 16.2. The van der Waals surface area contributed by atoms with E-state index in [4.69, 9.17) is 4.55 Å². The first-order valence-corrected chi connectivity index (χ1v) is 8.14. The van der Waals surface area contributed by atoms with Crippen molar-refractivity contribution >= 4 is 27.2 Å². The second kappa shape index (κ2) is 6.67. The molecule has 0 aliphatic carbocycles. The second-order valence-corrected chi connectivity index (χ2v) is 6.12. The van der Waals surface area contributed by atoms with Crippen molar-refractivity contribution in [2.45, 2.75) is 11.8 Å². The Morgan fingerprint density at radius 3 is 1.82 bits per heavy atom. The highest BCUT2D eigenvalue weighted by Gasteiger charge is 2.08. The van der Waals surface area contributed by atoms with Gasteiger partial charge in [-0.15, -0.1) is 0 Å². The average molecular weight is 319 g/mol. The van der Waals surface area contributed by atoms with Crippen LogP contribution >= 0.6 is 0 Å². The number of nitrogens with zero attached hydrogens (tertiary/aromatic N) is 3. The van der Waals surface area contributed by atoms with E-state index in [1.54, 1.807) is 0 Å². The molecule has 0 amide bonds. The van der Waals surface area contributed by atoms with Gasteiger partial charge in [0.25, 0.3) is 10.1 Å². The molecule has 0 aliphatic heterocycles. The van der Waals surface area contributed by atoms with Crippen LogP contribution in [0.4, 0.5) is 17.1 Å². The first kappa shape index (κ1) is 16.1. The lowest BCUT2D eigenvalue weighted by atomic mass is 10.2. The van der Waals surface area contributed by atoms with E-state index in [0.29, 0.717) is 11.4 Å². The van der Waals surface area contributed by atoms with E-state index in [1.807, 2.05) is 31.3 Å². The molecule has 0 spiro atoms. The summed E-state index contributed by atoms with van der Waals surface area (Å²) < 4.78 is 30.8. The number of benzene rings is 2. The van der Waals surface area contributed by atoms with E-state index < -0.39 is 10.1 Å². The molecular weight excluding hydrogens is 302 g/mol. The Morgan fingerprint density at radius 1 is 0.955 bits per heavy atom. The number of azo groups is 1. The summed E-state index contributed by atoms with van der Waals surface area (Å²) in [4.78, 5) is 1.94. The highest BCUT2D eigenvalue weighted by molar-refractivity contribution is 7.85. The average Bonchev–Trinajstić information content (AvgIpc) is 2.52. The molecule has 6 nitrogen and oxygen atoms in total. The highest BCUT2D eigenvalue weighted by Crippen LogP contribution is 2.22. The highest BCUT2D eigenvalue weighted by atomic mass is 32.2. The van der Waals surface area contributed by atoms with Crippen molar-refractivity contribution in [3.8, 4) is 0 Å². The minimum atomic E-state index is -4.18. The molecule has 1 N–H and O–H groups in total. The zero-order valence-corrected chi connectivity index (χ0v) is 13.2. The van der Waals surface area contributed by atoms with Crippen LogP contribution in [0.25, 0.3) is 0 Å². The first-order valence-electron chi connectivity index (χ1n) is 6.70. The van der Waals surface area contributed by atoms with Gasteiger partial charge < -0.3 is 4.90 Å². The van der Waals surface area contributed by atoms with Gasteiger partial charge in [-0.05, 0) is 55.5 Å². The summed E-state index contributed by atoms with van der Waals surface area (Å²) in [5, 5.41) is 8.12. The van der Waals surface area contributed by atoms with E-state index >= 15 is 0 Å². The summed E-state index contributed by atoms with van der Waals surface area (Å²) in [7, 11) is -2.17. The Kier molecular flexibility index (Phi) is 4.89. The first-order chi connectivity index (χ1) is 10.4. The number of rotatable bonds is 5. The molecule has 0 atom stereocenters. The lowest BCUT2D eigenvalue weighted by molar-refractivity contribution is 0.483. The molecule has 0 saturated heterocycles. The standard InChI is InChI=1S/C15H17N3O3S/c1-3-18(2)14-8-4-12(5-9-14)16-17-13-6-10-15(11-7-13)22(19,20)21/h4-11H,3H2,1-2H3,(H,19,20,21)/b17-16+. The summed E-state index contributed by atoms with van der Waals surface area (Å²) in [5.41, 5.74) is 2.30. The van der Waals surface area contributed by atoms with Crippen molar-refractivity contribution < 1.29 is 13.0 Å². The predicted octanol–water partition coefficient (Wildman–Crippen LogP) is 3.80. The van der Waals surface area contributed by atoms with Gasteiger partial charge in [0.05, 0.1) is 16.3 Å². The molecular formula is C15H17N3O3S. The minimum Gasteiger partial charge on any atom is -0.375 e. The third-order valence-electron chi connectivity index (χ3n) is 3.18. The van der Waals surface area contributed by atoms with Crippen LogP contribution in [-0.4, -0.2) is 26.6 Å². The van der Waals surface area contributed by atoms with Gasteiger partial charge in [-0.1, -0.05) is 0 Å². The zero-order valence-electron chi connectivity index (χ0n) is 12.3. The molecule has 0 aliphatic rings. The summed E-state index contributed by atoms with van der Waals surface area (Å²) >= 11 is 0. The predicted molar refractivity (Wildman–Crippen MR) is 85.8 cm³/mol.